The molecule has 472 valence electrons. The van der Waals surface area contributed by atoms with Gasteiger partial charge in [0.1, 0.15) is 13.2 Å². The van der Waals surface area contributed by atoms with E-state index >= 15 is 0 Å². The van der Waals surface area contributed by atoms with Crippen molar-refractivity contribution >= 4 is 17.9 Å². The second-order valence-electron chi connectivity index (χ2n) is 22.7. The Morgan fingerprint density at radius 2 is 0.470 bits per heavy atom. The van der Waals surface area contributed by atoms with Gasteiger partial charge in [0.25, 0.3) is 0 Å². The number of allylic oxidation sites excluding steroid dienone is 22. The van der Waals surface area contributed by atoms with Gasteiger partial charge in [-0.05, 0) is 141 Å². The minimum Gasteiger partial charge on any atom is -0.462 e. The summed E-state index contributed by atoms with van der Waals surface area (Å²) in [6.45, 7) is 6.48. The fourth-order valence-electron chi connectivity index (χ4n) is 9.43. The Labute approximate surface area is 513 Å². The van der Waals surface area contributed by atoms with E-state index in [2.05, 4.69) is 154 Å². The van der Waals surface area contributed by atoms with Crippen LogP contribution in [0.15, 0.2) is 134 Å². The summed E-state index contributed by atoms with van der Waals surface area (Å²) in [7, 11) is 0. The maximum Gasteiger partial charge on any atom is 0.306 e. The summed E-state index contributed by atoms with van der Waals surface area (Å²) < 4.78 is 17.0. The van der Waals surface area contributed by atoms with Gasteiger partial charge < -0.3 is 14.2 Å². The van der Waals surface area contributed by atoms with Gasteiger partial charge >= 0.3 is 17.9 Å². The fraction of sp³-hybridized carbons (Fsp3) is 0.675. The van der Waals surface area contributed by atoms with Crippen molar-refractivity contribution in [2.45, 2.75) is 322 Å². The molecule has 1 atom stereocenters. The van der Waals surface area contributed by atoms with E-state index < -0.39 is 6.10 Å². The van der Waals surface area contributed by atoms with E-state index in [0.29, 0.717) is 19.3 Å². The Hall–Kier alpha value is -4.45. The number of carbonyl (C=O) groups is 3. The van der Waals surface area contributed by atoms with E-state index in [1.165, 1.54) is 141 Å². The lowest BCUT2D eigenvalue weighted by atomic mass is 10.1. The first-order valence-corrected chi connectivity index (χ1v) is 34.7. The van der Waals surface area contributed by atoms with Gasteiger partial charge in [-0.2, -0.15) is 0 Å². The quantitative estimate of drug-likeness (QED) is 0.0261. The lowest BCUT2D eigenvalue weighted by molar-refractivity contribution is -0.167. The van der Waals surface area contributed by atoms with Crippen molar-refractivity contribution in [2.75, 3.05) is 13.2 Å². The molecule has 0 N–H and O–H groups in total. The van der Waals surface area contributed by atoms with Crippen LogP contribution in [0.5, 0.6) is 0 Å². The van der Waals surface area contributed by atoms with Crippen molar-refractivity contribution in [2.24, 2.45) is 0 Å². The van der Waals surface area contributed by atoms with E-state index in [4.69, 9.17) is 14.2 Å². The molecule has 0 rings (SSSR count). The molecule has 0 saturated carbocycles. The molecule has 0 aromatic carbocycles. The predicted octanol–water partition coefficient (Wildman–Crippen LogP) is 24.1. The summed E-state index contributed by atoms with van der Waals surface area (Å²) in [5, 5.41) is 0. The smallest absolute Gasteiger partial charge is 0.306 e. The van der Waals surface area contributed by atoms with Crippen LogP contribution in [0.25, 0.3) is 0 Å². The first kappa shape index (κ1) is 78.5. The van der Waals surface area contributed by atoms with Crippen LogP contribution >= 0.6 is 0 Å². The molecule has 0 aliphatic rings. The zero-order chi connectivity index (χ0) is 59.9. The first-order valence-electron chi connectivity index (χ1n) is 34.7. The Morgan fingerprint density at radius 3 is 0.783 bits per heavy atom. The number of hydrogen-bond acceptors (Lipinski definition) is 6. The number of unbranched alkanes of at least 4 members (excludes halogenated alkanes) is 29. The van der Waals surface area contributed by atoms with E-state index in [-0.39, 0.29) is 31.1 Å². The molecular weight excluding hydrogens is 1020 g/mol. The zero-order valence-corrected chi connectivity index (χ0v) is 54.2. The molecule has 6 nitrogen and oxygen atoms in total. The molecule has 0 bridgehead atoms. The van der Waals surface area contributed by atoms with Crippen molar-refractivity contribution in [3.8, 4) is 0 Å². The van der Waals surface area contributed by atoms with Crippen LogP contribution in [0, 0.1) is 0 Å². The summed E-state index contributed by atoms with van der Waals surface area (Å²) >= 11 is 0. The number of esters is 3. The molecule has 0 aliphatic heterocycles. The molecule has 1 unspecified atom stereocenters. The molecule has 0 heterocycles. The van der Waals surface area contributed by atoms with Crippen molar-refractivity contribution < 1.29 is 28.6 Å². The third kappa shape index (κ3) is 68.2. The van der Waals surface area contributed by atoms with Gasteiger partial charge in [-0.15, -0.1) is 0 Å². The van der Waals surface area contributed by atoms with Gasteiger partial charge in [0.15, 0.2) is 6.10 Å². The largest absolute Gasteiger partial charge is 0.462 e. The van der Waals surface area contributed by atoms with Gasteiger partial charge in [-0.25, -0.2) is 0 Å². The average molecular weight is 1150 g/mol. The lowest BCUT2D eigenvalue weighted by Gasteiger charge is -2.18. The van der Waals surface area contributed by atoms with Crippen molar-refractivity contribution in [3.05, 3.63) is 134 Å². The van der Waals surface area contributed by atoms with E-state index in [1.807, 2.05) is 0 Å². The first-order chi connectivity index (χ1) is 41.0. The molecule has 0 aliphatic carbocycles. The highest BCUT2D eigenvalue weighted by molar-refractivity contribution is 5.71. The number of rotatable bonds is 62. The normalized spacial score (nSPS) is 13.0. The van der Waals surface area contributed by atoms with Crippen LogP contribution in [-0.4, -0.2) is 37.2 Å². The molecule has 0 fully saturated rings. The maximum absolute atomic E-state index is 13.0. The van der Waals surface area contributed by atoms with Gasteiger partial charge in [-0.1, -0.05) is 289 Å². The second kappa shape index (κ2) is 70.0. The van der Waals surface area contributed by atoms with Gasteiger partial charge in [-0.3, -0.25) is 14.4 Å². The highest BCUT2D eigenvalue weighted by Gasteiger charge is 2.19. The highest BCUT2D eigenvalue weighted by Crippen LogP contribution is 2.16. The van der Waals surface area contributed by atoms with Crippen LogP contribution in [-0.2, 0) is 28.6 Å². The second-order valence-corrected chi connectivity index (χ2v) is 22.7. The molecule has 6 heteroatoms. The van der Waals surface area contributed by atoms with E-state index in [1.54, 1.807) is 0 Å². The third-order valence-electron chi connectivity index (χ3n) is 14.6. The molecule has 83 heavy (non-hydrogen) atoms. The van der Waals surface area contributed by atoms with Crippen LogP contribution in [0.3, 0.4) is 0 Å². The summed E-state index contributed by atoms with van der Waals surface area (Å²) in [6.07, 6.45) is 98.9. The average Bonchev–Trinajstić information content (AvgIpc) is 3.50. The summed E-state index contributed by atoms with van der Waals surface area (Å²) in [4.78, 5) is 38.5. The van der Waals surface area contributed by atoms with Crippen molar-refractivity contribution in [1.82, 2.24) is 0 Å². The highest BCUT2D eigenvalue weighted by atomic mass is 16.6. The molecule has 0 aromatic heterocycles. The number of hydrogen-bond donors (Lipinski definition) is 0. The standard InChI is InChI=1S/C77H128O6/c1-4-7-10-13-16-19-22-25-28-31-34-36-37-38-39-41-43-46-49-52-55-58-61-64-67-70-76(79)82-73-74(72-81-75(78)69-66-63-60-57-54-51-48-45-42-33-30-27-24-21-18-15-12-9-6-3)83-77(80)71-68-65-62-59-56-53-50-47-44-40-35-32-29-26-23-20-17-14-11-8-5-2/h7,10,16,18-19,21,25,27-28,30,32,34-36,38-39,42-43,45-46,52,55,74H,4-6,8-9,11-15,17,20,22-24,26,29,31,33,37,40-41,44,47-51,53-54,56-73H2,1-3H3/b10-7-,19-16-,21-18-,28-25-,30-27-,35-32-,36-34-,39-38-,45-42-,46-43-,55-52-. The Morgan fingerprint density at radius 1 is 0.253 bits per heavy atom. The molecule has 0 aromatic rings. The molecule has 0 amide bonds. The monoisotopic (exact) mass is 1150 g/mol. The van der Waals surface area contributed by atoms with Gasteiger partial charge in [0.05, 0.1) is 0 Å². The SMILES string of the molecule is CC/C=C\C/C=C\C/C=C\C/C=C\C/C=C\C/C=C\C/C=C\CCCCCC(=O)OCC(COC(=O)CCCCCCCC/C=C\C/C=C\C/C=C\CCCCC)OC(=O)CCCCCCCCCCC/C=C\CCCCCCCCCC. The van der Waals surface area contributed by atoms with Crippen molar-refractivity contribution in [1.29, 1.82) is 0 Å². The Bertz CT molecular complexity index is 1750. The zero-order valence-electron chi connectivity index (χ0n) is 54.2. The minimum absolute atomic E-state index is 0.0994. The van der Waals surface area contributed by atoms with E-state index in [0.717, 1.165) is 135 Å². The van der Waals surface area contributed by atoms with Crippen LogP contribution in [0.2, 0.25) is 0 Å². The maximum atomic E-state index is 13.0. The van der Waals surface area contributed by atoms with Crippen LogP contribution < -0.4 is 0 Å². The topological polar surface area (TPSA) is 78.9 Å². The molecule has 0 spiro atoms. The molecule has 0 radical (unpaired) electrons. The minimum atomic E-state index is -0.806. The van der Waals surface area contributed by atoms with E-state index in [9.17, 15) is 14.4 Å². The summed E-state index contributed by atoms with van der Waals surface area (Å²) in [5.41, 5.74) is 0. The Balaban J connectivity index is 4.49. The van der Waals surface area contributed by atoms with Gasteiger partial charge in [0, 0.05) is 19.3 Å². The number of ether oxygens (including phenoxy) is 3. The molecule has 0 saturated heterocycles. The van der Waals surface area contributed by atoms with Crippen LogP contribution in [0.4, 0.5) is 0 Å². The van der Waals surface area contributed by atoms with Crippen LogP contribution in [0.1, 0.15) is 316 Å². The van der Waals surface area contributed by atoms with Gasteiger partial charge in [0.2, 0.25) is 0 Å². The fourth-order valence-corrected chi connectivity index (χ4v) is 9.43. The third-order valence-corrected chi connectivity index (χ3v) is 14.6. The summed E-state index contributed by atoms with van der Waals surface area (Å²) in [5.74, 6) is -0.939. The lowest BCUT2D eigenvalue weighted by Crippen LogP contribution is -2.30. The Kier molecular flexibility index (Phi) is 66.3. The summed E-state index contributed by atoms with van der Waals surface area (Å²) in [6, 6.07) is 0. The van der Waals surface area contributed by atoms with Crippen molar-refractivity contribution in [3.63, 3.8) is 0 Å². The molecular formula is C77H128O6. The number of carbonyl (C=O) groups excluding carboxylic acids is 3. The predicted molar refractivity (Wildman–Crippen MR) is 362 cm³/mol.